The highest BCUT2D eigenvalue weighted by molar-refractivity contribution is 7.33. The molecule has 8 heteroatoms. The monoisotopic (exact) mass is 398 g/mol. The molecule has 0 aliphatic heterocycles. The Balaban J connectivity index is 1.29. The van der Waals surface area contributed by atoms with Crippen LogP contribution in [0.5, 0.6) is 0 Å². The van der Waals surface area contributed by atoms with E-state index in [1.807, 2.05) is 0 Å². The molecule has 0 saturated carbocycles. The number of fused-ring (bicyclic) bond motifs is 2. The highest BCUT2D eigenvalue weighted by Gasteiger charge is 2.13. The van der Waals surface area contributed by atoms with Crippen molar-refractivity contribution in [3.63, 3.8) is 0 Å². The predicted molar refractivity (Wildman–Crippen MR) is 102 cm³/mol. The summed E-state index contributed by atoms with van der Waals surface area (Å²) in [6.45, 7) is -0.813. The van der Waals surface area contributed by atoms with Gasteiger partial charge in [-0.3, -0.25) is 14.2 Å². The van der Waals surface area contributed by atoms with Gasteiger partial charge in [-0.2, -0.15) is 0 Å². The predicted octanol–water partition coefficient (Wildman–Crippen LogP) is 4.67. The summed E-state index contributed by atoms with van der Waals surface area (Å²) in [6.07, 6.45) is 3.06. The number of carbonyl (C=O) groups excluding carboxylic acids is 2. The van der Waals surface area contributed by atoms with Crippen LogP contribution in [-0.4, -0.2) is 24.8 Å². The lowest BCUT2D eigenvalue weighted by molar-refractivity contribution is 0.0877. The molecule has 28 heavy (non-hydrogen) atoms. The smallest absolute Gasteiger partial charge is 0.320 e. The van der Waals surface area contributed by atoms with Crippen molar-refractivity contribution in [1.29, 1.82) is 0 Å². The molecule has 0 spiro atoms. The van der Waals surface area contributed by atoms with Crippen LogP contribution in [0.3, 0.4) is 0 Å². The quantitative estimate of drug-likeness (QED) is 0.314. The van der Waals surface area contributed by atoms with Gasteiger partial charge in [0.1, 0.15) is 24.4 Å². The Morgan fingerprint density at radius 1 is 0.750 bits per heavy atom. The molecule has 0 N–H and O–H groups in total. The van der Waals surface area contributed by atoms with Crippen molar-refractivity contribution in [2.24, 2.45) is 0 Å². The lowest BCUT2D eigenvalue weighted by atomic mass is 10.1. The molecule has 2 aromatic heterocycles. The van der Waals surface area contributed by atoms with Gasteiger partial charge < -0.3 is 17.9 Å². The van der Waals surface area contributed by atoms with Crippen LogP contribution in [0.1, 0.15) is 20.7 Å². The molecular weight excluding hydrogens is 383 g/mol. The van der Waals surface area contributed by atoms with Crippen molar-refractivity contribution >= 4 is 41.8 Å². The number of hydrogen-bond acceptors (Lipinski definition) is 7. The van der Waals surface area contributed by atoms with Crippen molar-refractivity contribution < 1.29 is 32.0 Å². The largest absolute Gasteiger partial charge is 0.464 e. The molecule has 2 aromatic carbocycles. The zero-order chi connectivity index (χ0) is 19.5. The van der Waals surface area contributed by atoms with E-state index in [2.05, 4.69) is 0 Å². The Morgan fingerprint density at radius 2 is 1.21 bits per heavy atom. The van der Waals surface area contributed by atoms with Gasteiger partial charge in [-0.15, -0.1) is 0 Å². The summed E-state index contributed by atoms with van der Waals surface area (Å²) < 4.78 is 32.3. The van der Waals surface area contributed by atoms with Gasteiger partial charge in [0.15, 0.2) is 11.6 Å². The number of Topliss-reactive ketones (excluding diaryl/α,β-unsaturated/α-hetero) is 2. The molecule has 0 bridgehead atoms. The van der Waals surface area contributed by atoms with Crippen LogP contribution in [0.15, 0.2) is 69.9 Å². The normalized spacial score (nSPS) is 11.5. The molecule has 0 unspecified atom stereocenters. The average Bonchev–Trinajstić information content (AvgIpc) is 3.37. The van der Waals surface area contributed by atoms with Crippen molar-refractivity contribution in [3.8, 4) is 0 Å². The maximum absolute atomic E-state index is 12.2. The Morgan fingerprint density at radius 3 is 1.68 bits per heavy atom. The first kappa shape index (κ1) is 18.4. The second-order valence-electron chi connectivity index (χ2n) is 6.02. The molecule has 0 aliphatic rings. The van der Waals surface area contributed by atoms with Crippen molar-refractivity contribution in [2.45, 2.75) is 0 Å². The zero-order valence-electron chi connectivity index (χ0n) is 14.5. The average molecular weight is 398 g/mol. The topological polar surface area (TPSA) is 96.0 Å². The van der Waals surface area contributed by atoms with E-state index in [1.54, 1.807) is 48.5 Å². The summed E-state index contributed by atoms with van der Waals surface area (Å²) in [6, 6.07) is 13.4. The van der Waals surface area contributed by atoms with Crippen molar-refractivity contribution in [3.05, 3.63) is 72.2 Å². The van der Waals surface area contributed by atoms with Crippen molar-refractivity contribution in [1.82, 2.24) is 0 Å². The number of furan rings is 2. The first-order valence-electron chi connectivity index (χ1n) is 8.40. The van der Waals surface area contributed by atoms with Crippen LogP contribution in [0, 0.1) is 0 Å². The SMILES string of the molecule is O=C(CO[PH](=O)OCC(=O)c1ccc2occc2c1)c1ccc2occc2c1. The molecule has 0 atom stereocenters. The second-order valence-corrected chi connectivity index (χ2v) is 7.10. The standard InChI is InChI=1S/C20H15O7P/c21-17(13-1-3-19-15(9-13)5-7-24-19)11-26-28(23)27-12-18(22)14-2-4-20-16(10-14)6-8-25-20/h1-10,28H,11-12H2. The summed E-state index contributed by atoms with van der Waals surface area (Å²) >= 11 is 0. The summed E-state index contributed by atoms with van der Waals surface area (Å²) in [5, 5.41) is 1.57. The molecule has 142 valence electrons. The minimum absolute atomic E-state index is 0.346. The van der Waals surface area contributed by atoms with Gasteiger partial charge in [-0.05, 0) is 48.5 Å². The number of hydrogen-bond donors (Lipinski definition) is 0. The first-order valence-corrected chi connectivity index (χ1v) is 9.63. The van der Waals surface area contributed by atoms with E-state index in [4.69, 9.17) is 17.9 Å². The molecular formula is C20H15O7P. The lowest BCUT2D eigenvalue weighted by Gasteiger charge is -2.05. The van der Waals surface area contributed by atoms with E-state index in [-0.39, 0.29) is 11.6 Å². The Bertz CT molecular complexity index is 1100. The summed E-state index contributed by atoms with van der Waals surface area (Å²) in [5.41, 5.74) is 2.16. The highest BCUT2D eigenvalue weighted by Crippen LogP contribution is 2.25. The Hall–Kier alpha value is -2.99. The van der Waals surface area contributed by atoms with Crippen LogP contribution < -0.4 is 0 Å². The third-order valence-corrected chi connectivity index (χ3v) is 4.95. The maximum atomic E-state index is 12.2. The van der Waals surface area contributed by atoms with E-state index in [9.17, 15) is 14.2 Å². The number of rotatable bonds is 8. The van der Waals surface area contributed by atoms with E-state index in [0.717, 1.165) is 10.8 Å². The van der Waals surface area contributed by atoms with Crippen LogP contribution in [0.25, 0.3) is 21.9 Å². The van der Waals surface area contributed by atoms with Crippen molar-refractivity contribution in [2.75, 3.05) is 13.2 Å². The van der Waals surface area contributed by atoms with Gasteiger partial charge in [0, 0.05) is 21.9 Å². The third-order valence-electron chi connectivity index (χ3n) is 4.19. The fourth-order valence-corrected chi connectivity index (χ4v) is 3.32. The number of benzene rings is 2. The molecule has 2 heterocycles. The molecule has 0 fully saturated rings. The molecule has 7 nitrogen and oxygen atoms in total. The fraction of sp³-hybridized carbons (Fsp3) is 0.100. The molecule has 0 amide bonds. The fourth-order valence-electron chi connectivity index (χ4n) is 2.74. The van der Waals surface area contributed by atoms with E-state index < -0.39 is 21.5 Å². The number of carbonyl (C=O) groups is 2. The molecule has 4 rings (SSSR count). The zero-order valence-corrected chi connectivity index (χ0v) is 15.5. The third kappa shape index (κ3) is 3.97. The summed E-state index contributed by atoms with van der Waals surface area (Å²) in [5.74, 6) is -0.691. The van der Waals surface area contributed by atoms with Gasteiger partial charge in [-0.1, -0.05) is 0 Å². The Kier molecular flexibility index (Phi) is 5.21. The van der Waals surface area contributed by atoms with E-state index >= 15 is 0 Å². The van der Waals surface area contributed by atoms with Crippen LogP contribution in [-0.2, 0) is 13.6 Å². The van der Waals surface area contributed by atoms with Gasteiger partial charge in [0.05, 0.1) is 12.5 Å². The molecule has 0 aliphatic carbocycles. The lowest BCUT2D eigenvalue weighted by Crippen LogP contribution is -2.09. The molecule has 4 aromatic rings. The minimum atomic E-state index is -2.99. The first-order chi connectivity index (χ1) is 13.6. The summed E-state index contributed by atoms with van der Waals surface area (Å²) in [4.78, 5) is 24.3. The maximum Gasteiger partial charge on any atom is 0.320 e. The summed E-state index contributed by atoms with van der Waals surface area (Å²) in [7, 11) is -2.99. The molecule has 0 saturated heterocycles. The van der Waals surface area contributed by atoms with Crippen LogP contribution in [0.4, 0.5) is 0 Å². The molecule has 0 radical (unpaired) electrons. The van der Waals surface area contributed by atoms with Gasteiger partial charge >= 0.3 is 8.25 Å². The van der Waals surface area contributed by atoms with Gasteiger partial charge in [0.25, 0.3) is 0 Å². The van der Waals surface area contributed by atoms with Gasteiger partial charge in [0.2, 0.25) is 0 Å². The Labute approximate surface area is 159 Å². The number of ketones is 2. The van der Waals surface area contributed by atoms with Gasteiger partial charge in [-0.25, -0.2) is 0 Å². The highest BCUT2D eigenvalue weighted by atomic mass is 31.1. The minimum Gasteiger partial charge on any atom is -0.464 e. The van der Waals surface area contributed by atoms with Crippen LogP contribution in [0.2, 0.25) is 0 Å². The van der Waals surface area contributed by atoms with E-state index in [0.29, 0.717) is 22.3 Å². The van der Waals surface area contributed by atoms with Crippen LogP contribution >= 0.6 is 8.25 Å². The van der Waals surface area contributed by atoms with E-state index in [1.165, 1.54) is 12.5 Å². The second kappa shape index (κ2) is 7.94.